The molecule has 0 unspecified atom stereocenters. The van der Waals surface area contributed by atoms with E-state index in [1.54, 1.807) is 23.5 Å². The number of fused-ring (bicyclic) bond motifs is 2. The molecule has 2 heteroatoms. The van der Waals surface area contributed by atoms with Gasteiger partial charge < -0.3 is 0 Å². The lowest BCUT2D eigenvalue weighted by Crippen LogP contribution is -1.81. The van der Waals surface area contributed by atoms with Crippen molar-refractivity contribution in [2.45, 2.75) is 9.79 Å². The summed E-state index contributed by atoms with van der Waals surface area (Å²) in [7, 11) is 0. The molecule has 0 nitrogen and oxygen atoms in total. The zero-order valence-electron chi connectivity index (χ0n) is 19.4. The maximum Gasteiger partial charge on any atom is 0.00695 e. The minimum atomic E-state index is 1.22. The number of hydrogen-bond donors (Lipinski definition) is 0. The summed E-state index contributed by atoms with van der Waals surface area (Å²) in [6.45, 7) is 0. The van der Waals surface area contributed by atoms with Crippen molar-refractivity contribution in [3.8, 4) is 0 Å². The van der Waals surface area contributed by atoms with Gasteiger partial charge in [-0.25, -0.2) is 0 Å². The maximum absolute atomic E-state index is 2.30. The number of thioether (sulfide) groups is 2. The first kappa shape index (κ1) is 22.6. The van der Waals surface area contributed by atoms with Gasteiger partial charge in [0.25, 0.3) is 0 Å². The predicted molar refractivity (Wildman–Crippen MR) is 156 cm³/mol. The summed E-state index contributed by atoms with van der Waals surface area (Å²) in [6.07, 6.45) is 13.0. The van der Waals surface area contributed by atoms with E-state index in [-0.39, 0.29) is 0 Å². The smallest absolute Gasteiger partial charge is 0.00695 e. The van der Waals surface area contributed by atoms with Gasteiger partial charge in [0.2, 0.25) is 0 Å². The summed E-state index contributed by atoms with van der Waals surface area (Å²) >= 11 is 3.54. The molecule has 0 heterocycles. The van der Waals surface area contributed by atoms with Gasteiger partial charge in [-0.05, 0) is 105 Å². The number of benzene rings is 5. The highest BCUT2D eigenvalue weighted by Crippen LogP contribution is 2.26. The Morgan fingerprint density at radius 1 is 0.382 bits per heavy atom. The van der Waals surface area contributed by atoms with Crippen LogP contribution in [0.15, 0.2) is 107 Å². The van der Waals surface area contributed by atoms with E-state index in [2.05, 4.69) is 134 Å². The lowest BCUT2D eigenvalue weighted by atomic mass is 9.99. The predicted octanol–water partition coefficient (Wildman–Crippen LogP) is 9.78. The van der Waals surface area contributed by atoms with Crippen LogP contribution in [0.3, 0.4) is 0 Å². The first-order valence-corrected chi connectivity index (χ1v) is 13.8. The van der Waals surface area contributed by atoms with Gasteiger partial charge in [-0.2, -0.15) is 0 Å². The third kappa shape index (κ3) is 5.30. The number of rotatable bonds is 6. The Hall–Kier alpha value is -3.20. The fourth-order valence-electron chi connectivity index (χ4n) is 4.06. The molecule has 0 amide bonds. The largest absolute Gasteiger partial charge is 0.130 e. The van der Waals surface area contributed by atoms with Crippen molar-refractivity contribution in [2.24, 2.45) is 0 Å². The van der Waals surface area contributed by atoms with Crippen molar-refractivity contribution in [2.75, 3.05) is 12.5 Å². The van der Waals surface area contributed by atoms with Crippen LogP contribution in [0.4, 0.5) is 0 Å². The van der Waals surface area contributed by atoms with Gasteiger partial charge in [0.15, 0.2) is 0 Å². The van der Waals surface area contributed by atoms with Crippen LogP contribution in [-0.4, -0.2) is 12.5 Å². The zero-order valence-corrected chi connectivity index (χ0v) is 21.0. The Bertz CT molecular complexity index is 1370. The van der Waals surface area contributed by atoms with Crippen LogP contribution in [-0.2, 0) is 0 Å². The van der Waals surface area contributed by atoms with Crippen LogP contribution < -0.4 is 0 Å². The standard InChI is InChI=1S/C32H26S2/c1-33-31-15-9-23(10-16-31)3-5-25-7-13-27-22-30-20-26(8-14-28(30)21-29(27)19-25)6-4-24-11-17-32(34-2)18-12-24/h3-22H,1-2H3/b5-3+,6-4+. The van der Waals surface area contributed by atoms with Gasteiger partial charge in [-0.3, -0.25) is 0 Å². The molecule has 0 fully saturated rings. The molecule has 0 atom stereocenters. The third-order valence-electron chi connectivity index (χ3n) is 6.01. The molecule has 0 spiro atoms. The second-order valence-electron chi connectivity index (χ2n) is 8.28. The molecule has 0 radical (unpaired) electrons. The van der Waals surface area contributed by atoms with Crippen molar-refractivity contribution in [3.05, 3.63) is 119 Å². The molecular formula is C32H26S2. The van der Waals surface area contributed by atoms with Gasteiger partial charge in [0.05, 0.1) is 0 Å². The SMILES string of the molecule is CSc1ccc(/C=C/c2ccc3cc4cc(/C=C/c5ccc(SC)cc5)ccc4cc3c2)cc1. The van der Waals surface area contributed by atoms with Crippen LogP contribution in [0.2, 0.25) is 0 Å². The first-order chi connectivity index (χ1) is 16.7. The third-order valence-corrected chi connectivity index (χ3v) is 7.50. The van der Waals surface area contributed by atoms with Crippen LogP contribution in [0.5, 0.6) is 0 Å². The van der Waals surface area contributed by atoms with E-state index in [0.717, 1.165) is 0 Å². The van der Waals surface area contributed by atoms with E-state index < -0.39 is 0 Å². The molecule has 34 heavy (non-hydrogen) atoms. The molecule has 166 valence electrons. The Morgan fingerprint density at radius 3 is 1.12 bits per heavy atom. The van der Waals surface area contributed by atoms with E-state index in [0.29, 0.717) is 0 Å². The van der Waals surface area contributed by atoms with E-state index in [1.165, 1.54) is 53.6 Å². The van der Waals surface area contributed by atoms with E-state index in [1.807, 2.05) is 0 Å². The first-order valence-electron chi connectivity index (χ1n) is 11.3. The molecule has 0 N–H and O–H groups in total. The van der Waals surface area contributed by atoms with Gasteiger partial charge >= 0.3 is 0 Å². The highest BCUT2D eigenvalue weighted by molar-refractivity contribution is 7.98. The van der Waals surface area contributed by atoms with Crippen LogP contribution in [0.25, 0.3) is 45.8 Å². The van der Waals surface area contributed by atoms with Gasteiger partial charge in [0, 0.05) is 9.79 Å². The van der Waals surface area contributed by atoms with E-state index in [4.69, 9.17) is 0 Å². The summed E-state index contributed by atoms with van der Waals surface area (Å²) in [5, 5.41) is 5.07. The quantitative estimate of drug-likeness (QED) is 0.136. The van der Waals surface area contributed by atoms with Crippen molar-refractivity contribution in [1.29, 1.82) is 0 Å². The highest BCUT2D eigenvalue weighted by Gasteiger charge is 2.01. The Balaban J connectivity index is 1.38. The molecule has 0 aliphatic carbocycles. The Labute approximate surface area is 210 Å². The van der Waals surface area contributed by atoms with Crippen molar-refractivity contribution < 1.29 is 0 Å². The molecule has 0 saturated heterocycles. The molecule has 0 aromatic heterocycles. The summed E-state index contributed by atoms with van der Waals surface area (Å²) < 4.78 is 0. The molecule has 0 saturated carbocycles. The second kappa shape index (κ2) is 10.4. The van der Waals surface area contributed by atoms with Crippen molar-refractivity contribution in [3.63, 3.8) is 0 Å². The molecule has 5 aromatic rings. The average Bonchev–Trinajstić information content (AvgIpc) is 2.90. The monoisotopic (exact) mass is 474 g/mol. The summed E-state index contributed by atoms with van der Waals surface area (Å²) in [4.78, 5) is 2.58. The topological polar surface area (TPSA) is 0 Å². The normalized spacial score (nSPS) is 11.8. The fraction of sp³-hybridized carbons (Fsp3) is 0.0625. The highest BCUT2D eigenvalue weighted by atomic mass is 32.2. The average molecular weight is 475 g/mol. The molecule has 5 aromatic carbocycles. The lowest BCUT2D eigenvalue weighted by Gasteiger charge is -2.05. The minimum absolute atomic E-state index is 1.22. The van der Waals surface area contributed by atoms with Crippen molar-refractivity contribution >= 4 is 69.4 Å². The second-order valence-corrected chi connectivity index (χ2v) is 10.0. The van der Waals surface area contributed by atoms with E-state index in [9.17, 15) is 0 Å². The summed E-state index contributed by atoms with van der Waals surface area (Å²) in [5.41, 5.74) is 4.87. The van der Waals surface area contributed by atoms with Gasteiger partial charge in [0.1, 0.15) is 0 Å². The molecular weight excluding hydrogens is 448 g/mol. The van der Waals surface area contributed by atoms with Crippen LogP contribution in [0, 0.1) is 0 Å². The molecule has 0 bridgehead atoms. The molecule has 5 rings (SSSR count). The van der Waals surface area contributed by atoms with Gasteiger partial charge in [-0.1, -0.05) is 72.8 Å². The van der Waals surface area contributed by atoms with Gasteiger partial charge in [-0.15, -0.1) is 23.5 Å². The minimum Gasteiger partial charge on any atom is -0.130 e. The number of hydrogen-bond acceptors (Lipinski definition) is 2. The summed E-state index contributed by atoms with van der Waals surface area (Å²) in [6, 6.07) is 35.3. The maximum atomic E-state index is 2.30. The summed E-state index contributed by atoms with van der Waals surface area (Å²) in [5.74, 6) is 0. The lowest BCUT2D eigenvalue weighted by molar-refractivity contribution is 1.45. The molecule has 0 aliphatic heterocycles. The zero-order chi connectivity index (χ0) is 23.3. The van der Waals surface area contributed by atoms with Crippen LogP contribution in [0.1, 0.15) is 22.3 Å². The van der Waals surface area contributed by atoms with E-state index >= 15 is 0 Å². The Kier molecular flexibility index (Phi) is 6.89. The van der Waals surface area contributed by atoms with Crippen LogP contribution >= 0.6 is 23.5 Å². The fourth-order valence-corrected chi connectivity index (χ4v) is 4.87. The molecule has 0 aliphatic rings. The van der Waals surface area contributed by atoms with Crippen molar-refractivity contribution in [1.82, 2.24) is 0 Å². The Morgan fingerprint density at radius 2 is 0.735 bits per heavy atom.